The molecule has 1 aliphatic carbocycles. The molecule has 1 aliphatic rings. The molecule has 0 aliphatic heterocycles. The van der Waals surface area contributed by atoms with Crippen LogP contribution in [0.5, 0.6) is 0 Å². The number of H-pyrrole nitrogens is 2. The molecule has 1 fully saturated rings. The van der Waals surface area contributed by atoms with Crippen molar-refractivity contribution >= 4 is 11.8 Å². The first-order valence-corrected chi connectivity index (χ1v) is 8.86. The van der Waals surface area contributed by atoms with Gasteiger partial charge >= 0.3 is 0 Å². The van der Waals surface area contributed by atoms with Gasteiger partial charge < -0.3 is 4.98 Å². The van der Waals surface area contributed by atoms with E-state index in [9.17, 15) is 10.1 Å². The summed E-state index contributed by atoms with van der Waals surface area (Å²) in [5, 5.41) is 23.8. The maximum atomic E-state index is 12.1. The highest BCUT2D eigenvalue weighted by atomic mass is 32.2. The van der Waals surface area contributed by atoms with Crippen molar-refractivity contribution in [2.75, 3.05) is 0 Å². The molecule has 0 saturated heterocycles. The van der Waals surface area contributed by atoms with Crippen molar-refractivity contribution in [1.82, 2.24) is 25.6 Å². The Morgan fingerprint density at radius 1 is 1.32 bits per heavy atom. The number of aromatic nitrogens is 5. The number of nitriles is 1. The minimum absolute atomic E-state index is 0.235. The summed E-state index contributed by atoms with van der Waals surface area (Å²) >= 11 is 1.31. The van der Waals surface area contributed by atoms with Crippen LogP contribution >= 0.6 is 11.8 Å². The van der Waals surface area contributed by atoms with Crippen molar-refractivity contribution in [1.29, 1.82) is 5.26 Å². The number of nitrogens with one attached hydrogen (secondary N) is 2. The zero-order chi connectivity index (χ0) is 17.2. The second-order valence-electron chi connectivity index (χ2n) is 5.88. The molecule has 1 aromatic carbocycles. The Kier molecular flexibility index (Phi) is 4.07. The zero-order valence-corrected chi connectivity index (χ0v) is 14.0. The summed E-state index contributed by atoms with van der Waals surface area (Å²) in [4.78, 5) is 14.9. The fraction of sp³-hybridized carbons (Fsp3) is 0.235. The molecule has 124 valence electrons. The predicted molar refractivity (Wildman–Crippen MR) is 92.9 cm³/mol. The van der Waals surface area contributed by atoms with Gasteiger partial charge in [0.25, 0.3) is 0 Å². The van der Waals surface area contributed by atoms with E-state index in [2.05, 4.69) is 43.8 Å². The molecule has 2 N–H and O–H groups in total. The molecule has 3 aromatic rings. The standard InChI is InChI=1S/C17H14N6OS/c18-8-14-13(12-3-1-2-11(6-12)10-4-5-10)7-16(24)19-17(14)25-9-15-20-22-23-21-15/h1-3,6-7,10H,4-5,9H2,(H,19,24)(H,20,21,22,23). The van der Waals surface area contributed by atoms with E-state index in [0.717, 1.165) is 5.56 Å². The smallest absolute Gasteiger partial charge is 0.249 e. The zero-order valence-electron chi connectivity index (χ0n) is 13.2. The van der Waals surface area contributed by atoms with Gasteiger partial charge in [0.1, 0.15) is 6.07 Å². The molecule has 4 rings (SSSR count). The Hall–Kier alpha value is -2.92. The Bertz CT molecular complexity index is 1000. The molecule has 2 heterocycles. The summed E-state index contributed by atoms with van der Waals surface area (Å²) in [7, 11) is 0. The third kappa shape index (κ3) is 3.32. The molecule has 0 bridgehead atoms. The average molecular weight is 350 g/mol. The van der Waals surface area contributed by atoms with Gasteiger partial charge in [0, 0.05) is 11.6 Å². The molecule has 0 amide bonds. The SMILES string of the molecule is N#Cc1c(-c2cccc(C3CC3)c2)cc(=O)[nH]c1SCc1nn[nH]n1. The number of benzene rings is 1. The van der Waals surface area contributed by atoms with Crippen LogP contribution in [0.2, 0.25) is 0 Å². The molecule has 0 spiro atoms. The lowest BCUT2D eigenvalue weighted by atomic mass is 9.99. The lowest BCUT2D eigenvalue weighted by Crippen LogP contribution is -2.08. The van der Waals surface area contributed by atoms with Crippen LogP contribution in [0.4, 0.5) is 0 Å². The molecule has 1 saturated carbocycles. The third-order valence-corrected chi connectivity index (χ3v) is 5.10. The molecule has 0 unspecified atom stereocenters. The lowest BCUT2D eigenvalue weighted by molar-refractivity contribution is 0.881. The minimum atomic E-state index is -0.235. The van der Waals surface area contributed by atoms with Gasteiger partial charge in [-0.25, -0.2) is 0 Å². The highest BCUT2D eigenvalue weighted by molar-refractivity contribution is 7.98. The Labute approximate surface area is 147 Å². The highest BCUT2D eigenvalue weighted by Gasteiger charge is 2.24. The number of nitrogens with zero attached hydrogens (tertiary/aromatic N) is 4. The topological polar surface area (TPSA) is 111 Å². The fourth-order valence-corrected chi connectivity index (χ4v) is 3.61. The first kappa shape index (κ1) is 15.6. The van der Waals surface area contributed by atoms with Gasteiger partial charge in [-0.1, -0.05) is 41.2 Å². The summed E-state index contributed by atoms with van der Waals surface area (Å²) in [5.41, 5.74) is 3.04. The number of thioether (sulfide) groups is 1. The average Bonchev–Trinajstić information content (AvgIpc) is 3.36. The monoisotopic (exact) mass is 350 g/mol. The Balaban J connectivity index is 1.73. The summed E-state index contributed by atoms with van der Waals surface area (Å²) < 4.78 is 0. The molecule has 7 nitrogen and oxygen atoms in total. The first-order chi connectivity index (χ1) is 12.2. The van der Waals surface area contributed by atoms with Gasteiger partial charge in [0.15, 0.2) is 5.82 Å². The van der Waals surface area contributed by atoms with Crippen molar-refractivity contribution in [3.8, 4) is 17.2 Å². The molecular formula is C17H14N6OS. The van der Waals surface area contributed by atoms with Crippen LogP contribution in [0, 0.1) is 11.3 Å². The normalized spacial score (nSPS) is 13.6. The van der Waals surface area contributed by atoms with Gasteiger partial charge in [-0.15, -0.1) is 10.2 Å². The van der Waals surface area contributed by atoms with Crippen LogP contribution in [-0.2, 0) is 5.75 Å². The van der Waals surface area contributed by atoms with Crippen molar-refractivity contribution in [2.24, 2.45) is 0 Å². The number of tetrazole rings is 1. The Morgan fingerprint density at radius 2 is 2.20 bits per heavy atom. The van der Waals surface area contributed by atoms with E-state index in [-0.39, 0.29) is 5.56 Å². The number of hydrogen-bond acceptors (Lipinski definition) is 6. The number of rotatable bonds is 5. The van der Waals surface area contributed by atoms with E-state index < -0.39 is 0 Å². The molecule has 2 aromatic heterocycles. The second kappa shape index (κ2) is 6.53. The predicted octanol–water partition coefficient (Wildman–Crippen LogP) is 2.60. The van der Waals surface area contributed by atoms with Gasteiger partial charge in [0.05, 0.1) is 16.3 Å². The summed E-state index contributed by atoms with van der Waals surface area (Å²) in [6, 6.07) is 11.8. The second-order valence-corrected chi connectivity index (χ2v) is 6.87. The van der Waals surface area contributed by atoms with E-state index in [0.29, 0.717) is 33.6 Å². The number of hydrogen-bond donors (Lipinski definition) is 2. The van der Waals surface area contributed by atoms with Crippen molar-refractivity contribution in [3.05, 3.63) is 57.6 Å². The van der Waals surface area contributed by atoms with E-state index in [1.165, 1.54) is 36.2 Å². The van der Waals surface area contributed by atoms with E-state index >= 15 is 0 Å². The van der Waals surface area contributed by atoms with Crippen LogP contribution < -0.4 is 5.56 Å². The van der Waals surface area contributed by atoms with Crippen molar-refractivity contribution in [3.63, 3.8) is 0 Å². The Morgan fingerprint density at radius 3 is 2.92 bits per heavy atom. The summed E-state index contributed by atoms with van der Waals surface area (Å²) in [6.07, 6.45) is 2.41. The van der Waals surface area contributed by atoms with Crippen LogP contribution in [0.3, 0.4) is 0 Å². The van der Waals surface area contributed by atoms with Gasteiger partial charge in [-0.3, -0.25) is 4.79 Å². The van der Waals surface area contributed by atoms with Crippen molar-refractivity contribution < 1.29 is 0 Å². The van der Waals surface area contributed by atoms with Gasteiger partial charge in [0.2, 0.25) is 5.56 Å². The molecule has 25 heavy (non-hydrogen) atoms. The van der Waals surface area contributed by atoms with E-state index in [1.807, 2.05) is 12.1 Å². The fourth-order valence-electron chi connectivity index (χ4n) is 2.74. The molecule has 0 radical (unpaired) electrons. The molecule has 8 heteroatoms. The largest absolute Gasteiger partial charge is 0.316 e. The maximum Gasteiger partial charge on any atom is 0.249 e. The molecular weight excluding hydrogens is 336 g/mol. The van der Waals surface area contributed by atoms with E-state index in [4.69, 9.17) is 0 Å². The van der Waals surface area contributed by atoms with Crippen LogP contribution in [-0.4, -0.2) is 25.6 Å². The summed E-state index contributed by atoms with van der Waals surface area (Å²) in [6.45, 7) is 0. The van der Waals surface area contributed by atoms with E-state index in [1.54, 1.807) is 0 Å². The van der Waals surface area contributed by atoms with Crippen LogP contribution in [0.1, 0.15) is 35.7 Å². The van der Waals surface area contributed by atoms with Crippen LogP contribution in [0.15, 0.2) is 40.2 Å². The van der Waals surface area contributed by atoms with Gasteiger partial charge in [-0.05, 0) is 29.9 Å². The van der Waals surface area contributed by atoms with Crippen LogP contribution in [0.25, 0.3) is 11.1 Å². The molecule has 0 atom stereocenters. The van der Waals surface area contributed by atoms with Gasteiger partial charge in [-0.2, -0.15) is 10.5 Å². The number of pyridine rings is 1. The maximum absolute atomic E-state index is 12.1. The first-order valence-electron chi connectivity index (χ1n) is 7.87. The third-order valence-electron chi connectivity index (χ3n) is 4.10. The summed E-state index contributed by atoms with van der Waals surface area (Å²) in [5.74, 6) is 1.53. The van der Waals surface area contributed by atoms with Crippen molar-refractivity contribution in [2.45, 2.75) is 29.5 Å². The lowest BCUT2D eigenvalue weighted by Gasteiger charge is -2.10. The highest BCUT2D eigenvalue weighted by Crippen LogP contribution is 2.41. The minimum Gasteiger partial charge on any atom is -0.316 e. The quantitative estimate of drug-likeness (QED) is 0.684. The number of aromatic amines is 2.